The van der Waals surface area contributed by atoms with Gasteiger partial charge >= 0.3 is 0 Å². The number of rotatable bonds is 0. The summed E-state index contributed by atoms with van der Waals surface area (Å²) in [6, 6.07) is 0. The molecule has 0 N–H and O–H groups in total. The van der Waals surface area contributed by atoms with Crippen molar-refractivity contribution in [1.29, 1.82) is 0 Å². The van der Waals surface area contributed by atoms with Crippen LogP contribution in [0.3, 0.4) is 0 Å². The molecule has 0 unspecified atom stereocenters. The molecule has 0 aromatic carbocycles. The van der Waals surface area contributed by atoms with E-state index in [1.807, 2.05) is 0 Å². The van der Waals surface area contributed by atoms with Gasteiger partial charge in [0.2, 0.25) is 0 Å². The molecule has 0 heterocycles. The Morgan fingerprint density at radius 1 is 1.00 bits per heavy atom. The van der Waals surface area contributed by atoms with Crippen LogP contribution in [0.25, 0.3) is 0 Å². The maximum Gasteiger partial charge on any atom is 0.0379 e. The fourth-order valence-corrected chi connectivity index (χ4v) is 0. The predicted molar refractivity (Wildman–Crippen MR) is 29.1 cm³/mol. The quantitative estimate of drug-likeness (QED) is 0.574. The molecule has 0 rings (SSSR count). The van der Waals surface area contributed by atoms with Crippen LogP contribution in [0, 0.1) is 0 Å². The molecule has 0 amide bonds. The predicted octanol–water partition coefficient (Wildman–Crippen LogP) is 0.987. The summed E-state index contributed by atoms with van der Waals surface area (Å²) in [7, 11) is 0.120. The Morgan fingerprint density at radius 3 is 1.00 bits per heavy atom. The van der Waals surface area contributed by atoms with Gasteiger partial charge in [0.1, 0.15) is 0 Å². The van der Waals surface area contributed by atoms with Crippen molar-refractivity contribution in [2.24, 2.45) is 0 Å². The van der Waals surface area contributed by atoms with Crippen molar-refractivity contribution in [2.45, 2.75) is 19.6 Å². The first kappa shape index (κ1) is 15.6. The Bertz CT molecular complexity index is 15.5. The second-order valence-electron chi connectivity index (χ2n) is 1.50. The van der Waals surface area contributed by atoms with E-state index in [1.54, 1.807) is 0 Å². The Morgan fingerprint density at radius 2 is 1.00 bits per heavy atom. The molecule has 0 bridgehead atoms. The van der Waals surface area contributed by atoms with Gasteiger partial charge < -0.3 is 0 Å². The zero-order valence-corrected chi connectivity index (χ0v) is 13.3. The second kappa shape index (κ2) is 9.85. The molecule has 5 radical (unpaired) electrons. The molecule has 0 saturated carbocycles. The van der Waals surface area contributed by atoms with Gasteiger partial charge in [0.25, 0.3) is 0 Å². The summed E-state index contributed by atoms with van der Waals surface area (Å²) in [6.45, 7) is 6.81. The summed E-state index contributed by atoms with van der Waals surface area (Å²) in [6.07, 6.45) is 0. The molecule has 0 spiro atoms. The normalized spacial score (nSPS) is 6.00. The van der Waals surface area contributed by atoms with Crippen molar-refractivity contribution < 1.29 is 27.7 Å². The van der Waals surface area contributed by atoms with Crippen LogP contribution in [0.1, 0.15) is 0 Å². The minimum Gasteiger partial charge on any atom is -0.0715 e. The maximum atomic E-state index is 2.27. The van der Waals surface area contributed by atoms with E-state index >= 15 is 0 Å². The number of hydrogen-bond acceptors (Lipinski definition) is 0. The standard InChI is InChI=1S/C3H9Si.Ge.Hg/c1-4(2)3;;/h1-3H3;;. The molecule has 3 heteroatoms. The third-order valence-electron chi connectivity index (χ3n) is 0. The summed E-state index contributed by atoms with van der Waals surface area (Å²) in [5.74, 6) is 0. The monoisotopic (exact) mass is 349 g/mol. The first-order valence-corrected chi connectivity index (χ1v) is 4.50. The minimum absolute atomic E-state index is 0. The largest absolute Gasteiger partial charge is 0.0715 e. The van der Waals surface area contributed by atoms with E-state index in [0.29, 0.717) is 0 Å². The smallest absolute Gasteiger partial charge is 0.0379 e. The molecule has 31 valence electrons. The van der Waals surface area contributed by atoms with Gasteiger partial charge in [0, 0.05) is 54.1 Å². The first-order valence-electron chi connectivity index (χ1n) is 1.50. The molecule has 0 aliphatic heterocycles. The van der Waals surface area contributed by atoms with Crippen molar-refractivity contribution in [1.82, 2.24) is 0 Å². The second-order valence-corrected chi connectivity index (χ2v) is 4.50. The minimum atomic E-state index is 0. The van der Waals surface area contributed by atoms with Gasteiger partial charge in [-0.05, 0) is 0 Å². The zero-order valence-electron chi connectivity index (χ0n) is 4.71. The van der Waals surface area contributed by atoms with Crippen LogP contribution < -0.4 is 0 Å². The molecule has 0 fully saturated rings. The van der Waals surface area contributed by atoms with Gasteiger partial charge in [-0.1, -0.05) is 19.6 Å². The van der Waals surface area contributed by atoms with E-state index in [0.717, 1.165) is 0 Å². The van der Waals surface area contributed by atoms with Crippen molar-refractivity contribution in [3.8, 4) is 0 Å². The van der Waals surface area contributed by atoms with Crippen LogP contribution in [0.2, 0.25) is 19.6 Å². The molecule has 0 nitrogen and oxygen atoms in total. The molecular weight excluding hydrogens is 337 g/mol. The fourth-order valence-electron chi connectivity index (χ4n) is 0. The SMILES string of the molecule is C[Si](C)C.[Ge].[Hg]. The van der Waals surface area contributed by atoms with Crippen LogP contribution in [-0.2, 0) is 27.7 Å². The van der Waals surface area contributed by atoms with Crippen LogP contribution in [0.5, 0.6) is 0 Å². The summed E-state index contributed by atoms with van der Waals surface area (Å²) in [5.41, 5.74) is 0. The molecular formula is C3H9GeHgSi. The van der Waals surface area contributed by atoms with Crippen LogP contribution >= 0.6 is 0 Å². The first-order chi connectivity index (χ1) is 1.73. The van der Waals surface area contributed by atoms with Crippen LogP contribution in [0.15, 0.2) is 0 Å². The average molecular weight is 346 g/mol. The molecule has 0 aromatic heterocycles. The van der Waals surface area contributed by atoms with Gasteiger partial charge in [-0.25, -0.2) is 0 Å². The van der Waals surface area contributed by atoms with E-state index in [1.165, 1.54) is 0 Å². The van der Waals surface area contributed by atoms with Crippen LogP contribution in [0.4, 0.5) is 0 Å². The third kappa shape index (κ3) is 43.7. The van der Waals surface area contributed by atoms with Gasteiger partial charge in [0.05, 0.1) is 0 Å². The number of hydrogen-bond donors (Lipinski definition) is 0. The van der Waals surface area contributed by atoms with E-state index in [4.69, 9.17) is 0 Å². The summed E-state index contributed by atoms with van der Waals surface area (Å²) >= 11 is 0. The van der Waals surface area contributed by atoms with Crippen molar-refractivity contribution in [3.05, 3.63) is 0 Å². The summed E-state index contributed by atoms with van der Waals surface area (Å²) in [4.78, 5) is 0. The Balaban J connectivity index is -0.0000000450. The topological polar surface area (TPSA) is 0 Å². The molecule has 0 aliphatic carbocycles. The van der Waals surface area contributed by atoms with E-state index in [-0.39, 0.29) is 54.1 Å². The molecule has 0 aliphatic rings. The van der Waals surface area contributed by atoms with Gasteiger partial charge in [0.15, 0.2) is 0 Å². The van der Waals surface area contributed by atoms with Gasteiger partial charge in [-0.2, -0.15) is 0 Å². The molecule has 6 heavy (non-hydrogen) atoms. The van der Waals surface area contributed by atoms with Crippen molar-refractivity contribution in [2.75, 3.05) is 0 Å². The van der Waals surface area contributed by atoms with E-state index in [9.17, 15) is 0 Å². The Hall–Kier alpha value is 1.69. The maximum absolute atomic E-state index is 2.27. The van der Waals surface area contributed by atoms with Gasteiger partial charge in [-0.15, -0.1) is 0 Å². The average Bonchev–Trinajstić information content (AvgIpc) is 0.811. The summed E-state index contributed by atoms with van der Waals surface area (Å²) < 4.78 is 0. The third-order valence-corrected chi connectivity index (χ3v) is 0. The summed E-state index contributed by atoms with van der Waals surface area (Å²) in [5, 5.41) is 0. The Kier molecular flexibility index (Phi) is 25.7. The van der Waals surface area contributed by atoms with Crippen molar-refractivity contribution in [3.63, 3.8) is 0 Å². The molecule has 0 atom stereocenters. The zero-order chi connectivity index (χ0) is 3.58. The molecule has 0 aromatic rings. The van der Waals surface area contributed by atoms with E-state index < -0.39 is 0 Å². The van der Waals surface area contributed by atoms with Crippen molar-refractivity contribution >= 4 is 26.4 Å². The van der Waals surface area contributed by atoms with Gasteiger partial charge in [-0.3, -0.25) is 0 Å². The molecule has 0 saturated heterocycles. The van der Waals surface area contributed by atoms with Crippen LogP contribution in [-0.4, -0.2) is 26.4 Å². The van der Waals surface area contributed by atoms with E-state index in [2.05, 4.69) is 19.6 Å². The Labute approximate surface area is 73.2 Å². The fraction of sp³-hybridized carbons (Fsp3) is 1.00.